The quantitative estimate of drug-likeness (QED) is 0.249. The Morgan fingerprint density at radius 2 is 1.42 bits per heavy atom. The van der Waals surface area contributed by atoms with Gasteiger partial charge in [0.15, 0.2) is 21.6 Å². The fraction of sp³-hybridized carbons (Fsp3) is 1.00. The van der Waals surface area contributed by atoms with Crippen LogP contribution in [0.25, 0.3) is 0 Å². The highest BCUT2D eigenvalue weighted by Gasteiger charge is 2.54. The van der Waals surface area contributed by atoms with E-state index < -0.39 is 83.1 Å². The lowest BCUT2D eigenvalue weighted by atomic mass is 10.0. The van der Waals surface area contributed by atoms with Crippen LogP contribution in [0.3, 0.4) is 0 Å². The average molecular weight is 374 g/mol. The van der Waals surface area contributed by atoms with Gasteiger partial charge in [-0.25, -0.2) is 8.42 Å². The minimum atomic E-state index is -4.46. The highest BCUT2D eigenvalue weighted by Crippen LogP contribution is 2.32. The fourth-order valence-electron chi connectivity index (χ4n) is 2.88. The first kappa shape index (κ1) is 19.9. The molecule has 1 unspecified atom stereocenters. The molecule has 0 bridgehead atoms. The van der Waals surface area contributed by atoms with E-state index in [2.05, 4.69) is 0 Å². The first-order chi connectivity index (χ1) is 11.1. The van der Waals surface area contributed by atoms with Crippen molar-refractivity contribution in [3.63, 3.8) is 0 Å². The Kier molecular flexibility index (Phi) is 6.18. The van der Waals surface area contributed by atoms with Gasteiger partial charge in [0.2, 0.25) is 0 Å². The number of aliphatic hydroxyl groups is 7. The minimum Gasteiger partial charge on any atom is -0.394 e. The second-order valence-electron chi connectivity index (χ2n) is 5.88. The minimum absolute atomic E-state index is 0.496. The summed E-state index contributed by atoms with van der Waals surface area (Å²) in [6, 6.07) is 0. The third-order valence-electron chi connectivity index (χ3n) is 4.31. The van der Waals surface area contributed by atoms with E-state index in [1.807, 2.05) is 0 Å². The van der Waals surface area contributed by atoms with E-state index in [0.717, 1.165) is 0 Å². The molecule has 9 atom stereocenters. The Morgan fingerprint density at radius 1 is 0.833 bits per heavy atom. The lowest BCUT2D eigenvalue weighted by Crippen LogP contribution is -2.63. The summed E-state index contributed by atoms with van der Waals surface area (Å²) < 4.78 is 35.4. The van der Waals surface area contributed by atoms with Crippen LogP contribution in [0.2, 0.25) is 0 Å². The maximum Gasteiger partial charge on any atom is 0.187 e. The highest BCUT2D eigenvalue weighted by atomic mass is 32.2. The predicted octanol–water partition coefficient (Wildman–Crippen LogP) is -4.97. The van der Waals surface area contributed by atoms with Crippen molar-refractivity contribution in [1.82, 2.24) is 0 Å². The van der Waals surface area contributed by atoms with Gasteiger partial charge in [-0.2, -0.15) is 0 Å². The van der Waals surface area contributed by atoms with Gasteiger partial charge in [0.05, 0.1) is 18.5 Å². The smallest absolute Gasteiger partial charge is 0.187 e. The summed E-state index contributed by atoms with van der Waals surface area (Å²) in [5, 5.41) is 65.3. The number of ether oxygens (including phenoxy) is 2. The molecule has 0 aromatic heterocycles. The SMILES string of the molecule is O=S(=O)([C@@H]1O[C@H](CO)[C@H](O)[C@H](O)[C@H]1O)[C@H]1C[C@@H](O)C(O)O[C@@H]1CO. The normalized spacial score (nSPS) is 47.5. The van der Waals surface area contributed by atoms with Gasteiger partial charge in [-0.05, 0) is 6.42 Å². The standard InChI is InChI=1S/C12H22O11S/c13-2-5-7(1-4(15)11(19)22-5)24(20,21)12-10(18)9(17)8(16)6(3-14)23-12/h4-19H,1-3H2/t4-,5-,6-,7+,8+,9+,10-,11?,12+/m1/s1. The molecule has 2 aliphatic heterocycles. The lowest BCUT2D eigenvalue weighted by Gasteiger charge is -2.43. The van der Waals surface area contributed by atoms with Gasteiger partial charge in [0.25, 0.3) is 0 Å². The molecule has 2 rings (SSSR count). The van der Waals surface area contributed by atoms with Crippen molar-refractivity contribution in [2.24, 2.45) is 0 Å². The van der Waals surface area contributed by atoms with Crippen LogP contribution in [0.4, 0.5) is 0 Å². The van der Waals surface area contributed by atoms with Crippen molar-refractivity contribution in [3.05, 3.63) is 0 Å². The molecule has 0 saturated carbocycles. The number of hydrogen-bond acceptors (Lipinski definition) is 11. The number of hydrogen-bond donors (Lipinski definition) is 7. The Hall–Kier alpha value is -0.410. The summed E-state index contributed by atoms with van der Waals surface area (Å²) in [5.74, 6) is 0. The maximum atomic E-state index is 12.7. The molecule has 0 amide bonds. The molecular weight excluding hydrogens is 352 g/mol. The zero-order valence-corrected chi connectivity index (χ0v) is 13.3. The molecule has 0 spiro atoms. The average Bonchev–Trinajstić information content (AvgIpc) is 2.54. The number of aliphatic hydroxyl groups excluding tert-OH is 7. The van der Waals surface area contributed by atoms with E-state index in [9.17, 15) is 39.1 Å². The van der Waals surface area contributed by atoms with Crippen LogP contribution >= 0.6 is 0 Å². The second kappa shape index (κ2) is 7.45. The Balaban J connectivity index is 2.30. The molecule has 0 aromatic rings. The summed E-state index contributed by atoms with van der Waals surface area (Å²) in [6.07, 6.45) is -12.2. The van der Waals surface area contributed by atoms with E-state index in [4.69, 9.17) is 14.6 Å². The molecule has 142 valence electrons. The van der Waals surface area contributed by atoms with Gasteiger partial charge < -0.3 is 45.2 Å². The van der Waals surface area contributed by atoms with Crippen molar-refractivity contribution in [2.45, 2.75) is 60.0 Å². The van der Waals surface area contributed by atoms with E-state index in [1.165, 1.54) is 0 Å². The van der Waals surface area contributed by atoms with Crippen molar-refractivity contribution in [1.29, 1.82) is 0 Å². The molecule has 0 aliphatic carbocycles. The third kappa shape index (κ3) is 3.44. The van der Waals surface area contributed by atoms with Crippen LogP contribution in [0.1, 0.15) is 6.42 Å². The summed E-state index contributed by atoms with van der Waals surface area (Å²) in [6.45, 7) is -1.59. The zero-order valence-electron chi connectivity index (χ0n) is 12.5. The van der Waals surface area contributed by atoms with Crippen LogP contribution in [-0.2, 0) is 19.3 Å². The van der Waals surface area contributed by atoms with Crippen molar-refractivity contribution in [3.8, 4) is 0 Å². The summed E-state index contributed by atoms with van der Waals surface area (Å²) in [4.78, 5) is 0. The van der Waals surface area contributed by atoms with Crippen molar-refractivity contribution >= 4 is 9.84 Å². The Bertz CT molecular complexity index is 523. The van der Waals surface area contributed by atoms with E-state index in [-0.39, 0.29) is 0 Å². The molecule has 2 heterocycles. The monoisotopic (exact) mass is 374 g/mol. The molecule has 7 N–H and O–H groups in total. The topological polar surface area (TPSA) is 194 Å². The van der Waals surface area contributed by atoms with Crippen LogP contribution in [0.5, 0.6) is 0 Å². The van der Waals surface area contributed by atoms with Gasteiger partial charge in [0, 0.05) is 0 Å². The molecular formula is C12H22O11S. The molecule has 2 saturated heterocycles. The Labute approximate surface area is 137 Å². The zero-order chi connectivity index (χ0) is 18.2. The van der Waals surface area contributed by atoms with Gasteiger partial charge in [-0.15, -0.1) is 0 Å². The summed E-state index contributed by atoms with van der Waals surface area (Å²) >= 11 is 0. The van der Waals surface area contributed by atoms with Crippen LogP contribution < -0.4 is 0 Å². The highest BCUT2D eigenvalue weighted by molar-refractivity contribution is 7.92. The molecule has 0 aromatic carbocycles. The molecule has 11 nitrogen and oxygen atoms in total. The molecule has 0 radical (unpaired) electrons. The fourth-order valence-corrected chi connectivity index (χ4v) is 5.11. The summed E-state index contributed by atoms with van der Waals surface area (Å²) in [7, 11) is -4.46. The molecule has 12 heteroatoms. The van der Waals surface area contributed by atoms with E-state index in [1.54, 1.807) is 0 Å². The van der Waals surface area contributed by atoms with Gasteiger partial charge in [-0.3, -0.25) is 0 Å². The van der Waals surface area contributed by atoms with Crippen molar-refractivity contribution in [2.75, 3.05) is 13.2 Å². The van der Waals surface area contributed by atoms with Gasteiger partial charge in [0.1, 0.15) is 36.6 Å². The molecule has 2 fully saturated rings. The van der Waals surface area contributed by atoms with Gasteiger partial charge >= 0.3 is 0 Å². The Morgan fingerprint density at radius 3 is 1.96 bits per heavy atom. The predicted molar refractivity (Wildman–Crippen MR) is 75.1 cm³/mol. The molecule has 2 aliphatic rings. The van der Waals surface area contributed by atoms with Gasteiger partial charge in [-0.1, -0.05) is 0 Å². The molecule has 24 heavy (non-hydrogen) atoms. The number of rotatable bonds is 4. The van der Waals surface area contributed by atoms with E-state index >= 15 is 0 Å². The lowest BCUT2D eigenvalue weighted by molar-refractivity contribution is -0.222. The summed E-state index contributed by atoms with van der Waals surface area (Å²) in [5.41, 5.74) is -2.02. The van der Waals surface area contributed by atoms with Crippen LogP contribution in [-0.4, -0.2) is 111 Å². The van der Waals surface area contributed by atoms with Crippen LogP contribution in [0, 0.1) is 0 Å². The van der Waals surface area contributed by atoms with Crippen molar-refractivity contribution < 1.29 is 53.6 Å². The second-order valence-corrected chi connectivity index (χ2v) is 8.12. The maximum absolute atomic E-state index is 12.7. The van der Waals surface area contributed by atoms with Crippen LogP contribution in [0.15, 0.2) is 0 Å². The van der Waals surface area contributed by atoms with E-state index in [0.29, 0.717) is 0 Å². The number of sulfone groups is 1. The first-order valence-corrected chi connectivity index (χ1v) is 8.91. The third-order valence-corrected chi connectivity index (χ3v) is 6.68. The first-order valence-electron chi connectivity index (χ1n) is 7.30. The largest absolute Gasteiger partial charge is 0.394 e.